The molecule has 0 radical (unpaired) electrons. The number of rotatable bonds is 0. The summed E-state index contributed by atoms with van der Waals surface area (Å²) in [5.41, 5.74) is -1.75. The molecule has 7 nitrogen and oxygen atoms in total. The van der Waals surface area contributed by atoms with Gasteiger partial charge in [-0.25, -0.2) is 4.79 Å². The Hall–Kier alpha value is -2.18. The van der Waals surface area contributed by atoms with Crippen LogP contribution >= 0.6 is 0 Å². The number of anilines is 1. The average molecular weight is 195 g/mol. The Kier molecular flexibility index (Phi) is 1.60. The zero-order chi connectivity index (χ0) is 10.3. The number of amides is 1. The van der Waals surface area contributed by atoms with Crippen LogP contribution in [0.1, 0.15) is 16.8 Å². The second kappa shape index (κ2) is 2.66. The SMILES string of the molecule is O=C1CC(=O)c2c([nH]c(=O)[nH]c2=O)N1. The van der Waals surface area contributed by atoms with Crippen LogP contribution in [0.15, 0.2) is 9.59 Å². The van der Waals surface area contributed by atoms with Crippen molar-refractivity contribution in [3.63, 3.8) is 0 Å². The summed E-state index contributed by atoms with van der Waals surface area (Å²) in [5, 5.41) is 2.24. The lowest BCUT2D eigenvalue weighted by Crippen LogP contribution is -2.36. The number of hydrogen-bond donors (Lipinski definition) is 3. The molecule has 1 aromatic heterocycles. The van der Waals surface area contributed by atoms with Crippen molar-refractivity contribution in [2.45, 2.75) is 6.42 Å². The van der Waals surface area contributed by atoms with Gasteiger partial charge in [0.2, 0.25) is 5.91 Å². The molecule has 0 atom stereocenters. The molecule has 1 aromatic rings. The number of hydrogen-bond acceptors (Lipinski definition) is 4. The molecule has 72 valence electrons. The van der Waals surface area contributed by atoms with Gasteiger partial charge in [0.15, 0.2) is 5.78 Å². The zero-order valence-electron chi connectivity index (χ0n) is 6.84. The molecular weight excluding hydrogens is 190 g/mol. The number of nitrogens with one attached hydrogen (secondary N) is 3. The first kappa shape index (κ1) is 8.42. The summed E-state index contributed by atoms with van der Waals surface area (Å²) in [6.07, 6.45) is -0.373. The molecule has 0 aliphatic carbocycles. The molecule has 7 heteroatoms. The molecule has 2 rings (SSSR count). The Labute approximate surface area is 76.2 Å². The highest BCUT2D eigenvalue weighted by Crippen LogP contribution is 2.13. The van der Waals surface area contributed by atoms with E-state index in [0.717, 1.165) is 0 Å². The number of carbonyl (C=O) groups is 2. The lowest BCUT2D eigenvalue weighted by Gasteiger charge is -2.12. The van der Waals surface area contributed by atoms with E-state index in [4.69, 9.17) is 0 Å². The Bertz CT molecular complexity index is 539. The third-order valence-corrected chi connectivity index (χ3v) is 1.81. The summed E-state index contributed by atoms with van der Waals surface area (Å²) in [4.78, 5) is 48.1. The van der Waals surface area contributed by atoms with Gasteiger partial charge in [-0.15, -0.1) is 0 Å². The molecule has 0 saturated heterocycles. The number of aromatic amines is 2. The van der Waals surface area contributed by atoms with Crippen molar-refractivity contribution in [2.75, 3.05) is 5.32 Å². The first-order valence-electron chi connectivity index (χ1n) is 3.77. The third-order valence-electron chi connectivity index (χ3n) is 1.81. The minimum absolute atomic E-state index is 0.125. The summed E-state index contributed by atoms with van der Waals surface area (Å²) >= 11 is 0. The monoisotopic (exact) mass is 195 g/mol. The minimum atomic E-state index is -0.784. The van der Waals surface area contributed by atoms with Crippen LogP contribution in [0.25, 0.3) is 0 Å². The standard InChI is InChI=1S/C7H5N3O4/c11-2-1-3(12)8-5-4(2)6(13)10-7(14)9-5/h1H2,(H3,8,9,10,12,13,14). The van der Waals surface area contributed by atoms with Crippen LogP contribution in [-0.2, 0) is 4.79 Å². The molecule has 14 heavy (non-hydrogen) atoms. The molecule has 1 aliphatic heterocycles. The van der Waals surface area contributed by atoms with E-state index < -0.39 is 22.9 Å². The summed E-state index contributed by atoms with van der Waals surface area (Å²) in [6, 6.07) is 0. The predicted molar refractivity (Wildman–Crippen MR) is 45.3 cm³/mol. The van der Waals surface area contributed by atoms with E-state index in [0.29, 0.717) is 0 Å². The van der Waals surface area contributed by atoms with Crippen molar-refractivity contribution in [1.29, 1.82) is 0 Å². The van der Waals surface area contributed by atoms with E-state index in [1.807, 2.05) is 4.98 Å². The zero-order valence-corrected chi connectivity index (χ0v) is 6.84. The van der Waals surface area contributed by atoms with E-state index in [2.05, 4.69) is 10.3 Å². The predicted octanol–water partition coefficient (Wildman–Crippen LogP) is -1.41. The van der Waals surface area contributed by atoms with Crippen molar-refractivity contribution < 1.29 is 9.59 Å². The van der Waals surface area contributed by atoms with E-state index in [-0.39, 0.29) is 17.8 Å². The van der Waals surface area contributed by atoms with Gasteiger partial charge in [-0.05, 0) is 0 Å². The molecule has 3 N–H and O–H groups in total. The summed E-state index contributed by atoms with van der Waals surface area (Å²) in [7, 11) is 0. The lowest BCUT2D eigenvalue weighted by molar-refractivity contribution is -0.115. The Morgan fingerprint density at radius 3 is 2.43 bits per heavy atom. The smallest absolute Gasteiger partial charge is 0.311 e. The average Bonchev–Trinajstić information content (AvgIpc) is 1.99. The molecular formula is C7H5N3O4. The van der Waals surface area contributed by atoms with Crippen LogP contribution in [0, 0.1) is 0 Å². The fourth-order valence-corrected chi connectivity index (χ4v) is 1.26. The van der Waals surface area contributed by atoms with Crippen molar-refractivity contribution in [2.24, 2.45) is 0 Å². The van der Waals surface area contributed by atoms with Crippen LogP contribution in [0.3, 0.4) is 0 Å². The van der Waals surface area contributed by atoms with Gasteiger partial charge in [0, 0.05) is 0 Å². The molecule has 1 aliphatic rings. The lowest BCUT2D eigenvalue weighted by atomic mass is 10.1. The van der Waals surface area contributed by atoms with Gasteiger partial charge in [-0.2, -0.15) is 0 Å². The summed E-state index contributed by atoms with van der Waals surface area (Å²) in [5.74, 6) is -1.26. The van der Waals surface area contributed by atoms with Gasteiger partial charge in [-0.3, -0.25) is 24.4 Å². The number of Topliss-reactive ketones (excluding diaryl/α,β-unsaturated/α-hetero) is 1. The van der Waals surface area contributed by atoms with E-state index in [9.17, 15) is 19.2 Å². The number of ketones is 1. The first-order chi connectivity index (χ1) is 6.58. The fourth-order valence-electron chi connectivity index (χ4n) is 1.26. The number of carbonyl (C=O) groups excluding carboxylic acids is 2. The van der Waals surface area contributed by atoms with Crippen LogP contribution < -0.4 is 16.6 Å². The Balaban J connectivity index is 2.77. The van der Waals surface area contributed by atoms with Gasteiger partial charge >= 0.3 is 5.69 Å². The van der Waals surface area contributed by atoms with Gasteiger partial charge < -0.3 is 5.32 Å². The van der Waals surface area contributed by atoms with E-state index in [1.165, 1.54) is 0 Å². The largest absolute Gasteiger partial charge is 0.327 e. The maximum Gasteiger partial charge on any atom is 0.327 e. The maximum absolute atomic E-state index is 11.2. The molecule has 0 spiro atoms. The Morgan fingerprint density at radius 1 is 1.00 bits per heavy atom. The van der Waals surface area contributed by atoms with E-state index in [1.54, 1.807) is 0 Å². The van der Waals surface area contributed by atoms with Gasteiger partial charge in [0.25, 0.3) is 5.56 Å². The van der Waals surface area contributed by atoms with Crippen molar-refractivity contribution in [3.05, 3.63) is 26.4 Å². The molecule has 0 aromatic carbocycles. The quantitative estimate of drug-likeness (QED) is 0.441. The molecule has 2 heterocycles. The normalized spacial score (nSPS) is 14.9. The second-order valence-corrected chi connectivity index (χ2v) is 2.81. The molecule has 0 fully saturated rings. The number of aromatic nitrogens is 2. The van der Waals surface area contributed by atoms with Crippen molar-refractivity contribution in [3.8, 4) is 0 Å². The molecule has 1 amide bonds. The third kappa shape index (κ3) is 1.15. The fraction of sp³-hybridized carbons (Fsp3) is 0.143. The van der Waals surface area contributed by atoms with Crippen LogP contribution in [0.5, 0.6) is 0 Å². The topological polar surface area (TPSA) is 112 Å². The summed E-state index contributed by atoms with van der Waals surface area (Å²) < 4.78 is 0. The highest BCUT2D eigenvalue weighted by atomic mass is 16.2. The Morgan fingerprint density at radius 2 is 1.71 bits per heavy atom. The summed E-state index contributed by atoms with van der Waals surface area (Å²) in [6.45, 7) is 0. The highest BCUT2D eigenvalue weighted by Gasteiger charge is 2.26. The maximum atomic E-state index is 11.2. The van der Waals surface area contributed by atoms with Crippen molar-refractivity contribution in [1.82, 2.24) is 9.97 Å². The van der Waals surface area contributed by atoms with Gasteiger partial charge in [0.1, 0.15) is 11.4 Å². The van der Waals surface area contributed by atoms with E-state index >= 15 is 0 Å². The van der Waals surface area contributed by atoms with Crippen LogP contribution in [0.2, 0.25) is 0 Å². The first-order valence-corrected chi connectivity index (χ1v) is 3.77. The molecule has 0 unspecified atom stereocenters. The van der Waals surface area contributed by atoms with Crippen LogP contribution in [-0.4, -0.2) is 21.7 Å². The molecule has 0 bridgehead atoms. The van der Waals surface area contributed by atoms with Gasteiger partial charge in [-0.1, -0.05) is 0 Å². The van der Waals surface area contributed by atoms with Gasteiger partial charge in [0.05, 0.1) is 6.42 Å². The number of H-pyrrole nitrogens is 2. The minimum Gasteiger partial charge on any atom is -0.311 e. The number of fused-ring (bicyclic) bond motifs is 1. The van der Waals surface area contributed by atoms with Crippen LogP contribution in [0.4, 0.5) is 5.82 Å². The highest BCUT2D eigenvalue weighted by molar-refractivity contribution is 6.17. The van der Waals surface area contributed by atoms with Crippen molar-refractivity contribution >= 4 is 17.5 Å². The second-order valence-electron chi connectivity index (χ2n) is 2.81. The molecule has 0 saturated carbocycles.